The van der Waals surface area contributed by atoms with Gasteiger partial charge < -0.3 is 10.5 Å². The highest BCUT2D eigenvalue weighted by Gasteiger charge is 2.16. The number of rotatable bonds is 2. The van der Waals surface area contributed by atoms with Crippen molar-refractivity contribution < 1.29 is 5.11 Å². The molecule has 1 heterocycles. The third kappa shape index (κ3) is 1.65. The van der Waals surface area contributed by atoms with Crippen molar-refractivity contribution in [3.05, 3.63) is 23.3 Å². The van der Waals surface area contributed by atoms with Crippen molar-refractivity contribution in [1.82, 2.24) is 9.97 Å². The van der Waals surface area contributed by atoms with Gasteiger partial charge in [-0.15, -0.1) is 0 Å². The maximum Gasteiger partial charge on any atom is 0.130 e. The molecule has 14 heavy (non-hydrogen) atoms. The number of hydrogen-bond acceptors (Lipinski definition) is 4. The van der Waals surface area contributed by atoms with Gasteiger partial charge in [0, 0.05) is 23.9 Å². The van der Waals surface area contributed by atoms with Crippen LogP contribution >= 0.6 is 0 Å². The molecule has 4 heteroatoms. The second-order valence-corrected chi connectivity index (χ2v) is 3.45. The monoisotopic (exact) mass is 191 g/mol. The van der Waals surface area contributed by atoms with Gasteiger partial charge in [-0.05, 0) is 19.3 Å². The van der Waals surface area contributed by atoms with Crippen LogP contribution in [0.2, 0.25) is 0 Å². The van der Waals surface area contributed by atoms with Crippen molar-refractivity contribution in [3.63, 3.8) is 0 Å². The van der Waals surface area contributed by atoms with Crippen molar-refractivity contribution in [2.75, 3.05) is 6.61 Å². The van der Waals surface area contributed by atoms with E-state index in [4.69, 9.17) is 10.5 Å². The van der Waals surface area contributed by atoms with Crippen LogP contribution in [0.15, 0.2) is 6.20 Å². The van der Waals surface area contributed by atoms with Gasteiger partial charge in [0.05, 0.1) is 12.3 Å². The first-order chi connectivity index (χ1) is 6.81. The number of aliphatic hydroxyl groups excluding tert-OH is 1. The fourth-order valence-corrected chi connectivity index (χ4v) is 1.69. The molecule has 1 aliphatic rings. The Morgan fingerprint density at radius 3 is 3.07 bits per heavy atom. The standard InChI is InChI=1S/C10H13N3O/c11-8-2-1-3-9-7(8)6-12-10(13-9)4-5-14/h6,11,14H,1-5H2. The van der Waals surface area contributed by atoms with Crippen LogP contribution in [-0.2, 0) is 12.8 Å². The lowest BCUT2D eigenvalue weighted by Crippen LogP contribution is -2.15. The number of hydrogen-bond donors (Lipinski definition) is 2. The smallest absolute Gasteiger partial charge is 0.130 e. The van der Waals surface area contributed by atoms with Crippen LogP contribution in [0.25, 0.3) is 0 Å². The first-order valence-electron chi connectivity index (χ1n) is 4.84. The quantitative estimate of drug-likeness (QED) is 0.723. The molecule has 2 N–H and O–H groups in total. The van der Waals surface area contributed by atoms with Gasteiger partial charge in [0.1, 0.15) is 5.82 Å². The summed E-state index contributed by atoms with van der Waals surface area (Å²) >= 11 is 0. The summed E-state index contributed by atoms with van der Waals surface area (Å²) in [6, 6.07) is 0. The molecule has 4 nitrogen and oxygen atoms in total. The van der Waals surface area contributed by atoms with Crippen LogP contribution in [-0.4, -0.2) is 27.4 Å². The molecule has 0 atom stereocenters. The highest BCUT2D eigenvalue weighted by atomic mass is 16.3. The normalized spacial score (nSPS) is 15.4. The summed E-state index contributed by atoms with van der Waals surface area (Å²) in [5.74, 6) is 0.681. The van der Waals surface area contributed by atoms with Gasteiger partial charge in [0.2, 0.25) is 0 Å². The molecule has 74 valence electrons. The molecule has 0 unspecified atom stereocenters. The van der Waals surface area contributed by atoms with E-state index in [0.717, 1.165) is 30.5 Å². The van der Waals surface area contributed by atoms with Crippen LogP contribution in [0.1, 0.15) is 29.9 Å². The van der Waals surface area contributed by atoms with E-state index in [0.29, 0.717) is 18.0 Å². The Morgan fingerprint density at radius 1 is 1.43 bits per heavy atom. The molecule has 1 aromatic rings. The number of aromatic nitrogens is 2. The van der Waals surface area contributed by atoms with Crippen molar-refractivity contribution in [2.24, 2.45) is 0 Å². The molecule has 0 aliphatic heterocycles. The molecule has 0 spiro atoms. The van der Waals surface area contributed by atoms with Crippen LogP contribution in [0, 0.1) is 5.41 Å². The minimum absolute atomic E-state index is 0.0796. The Morgan fingerprint density at radius 2 is 2.29 bits per heavy atom. The molecule has 0 amide bonds. The molecule has 0 fully saturated rings. The Labute approximate surface area is 82.5 Å². The molecule has 0 saturated carbocycles. The molecule has 1 aromatic heterocycles. The number of nitrogens with zero attached hydrogens (tertiary/aromatic N) is 2. The van der Waals surface area contributed by atoms with Crippen molar-refractivity contribution in [1.29, 1.82) is 5.41 Å². The number of nitrogens with one attached hydrogen (secondary N) is 1. The van der Waals surface area contributed by atoms with Gasteiger partial charge in [0.15, 0.2) is 0 Å². The van der Waals surface area contributed by atoms with Gasteiger partial charge in [0.25, 0.3) is 0 Å². The number of aryl methyl sites for hydroxylation is 1. The number of aliphatic hydroxyl groups is 1. The summed E-state index contributed by atoms with van der Waals surface area (Å²) in [4.78, 5) is 8.46. The summed E-state index contributed by atoms with van der Waals surface area (Å²) < 4.78 is 0. The zero-order valence-electron chi connectivity index (χ0n) is 7.95. The van der Waals surface area contributed by atoms with Crippen molar-refractivity contribution in [3.8, 4) is 0 Å². The molecular formula is C10H13N3O. The highest BCUT2D eigenvalue weighted by Crippen LogP contribution is 2.18. The first-order valence-corrected chi connectivity index (χ1v) is 4.84. The topological polar surface area (TPSA) is 69.9 Å². The Hall–Kier alpha value is -1.29. The van der Waals surface area contributed by atoms with Gasteiger partial charge in [-0.2, -0.15) is 0 Å². The van der Waals surface area contributed by atoms with Crippen LogP contribution < -0.4 is 0 Å². The predicted octanol–water partition coefficient (Wildman–Crippen LogP) is 0.716. The van der Waals surface area contributed by atoms with Gasteiger partial charge in [-0.1, -0.05) is 0 Å². The molecule has 1 aliphatic carbocycles. The Bertz CT molecular complexity index is 362. The highest BCUT2D eigenvalue weighted by molar-refractivity contribution is 5.99. The van der Waals surface area contributed by atoms with Gasteiger partial charge >= 0.3 is 0 Å². The maximum atomic E-state index is 8.75. The summed E-state index contributed by atoms with van der Waals surface area (Å²) in [5.41, 5.74) is 2.50. The van der Waals surface area contributed by atoms with Crippen LogP contribution in [0.3, 0.4) is 0 Å². The van der Waals surface area contributed by atoms with E-state index >= 15 is 0 Å². The second-order valence-electron chi connectivity index (χ2n) is 3.45. The lowest BCUT2D eigenvalue weighted by atomic mass is 9.95. The molecular weight excluding hydrogens is 178 g/mol. The average Bonchev–Trinajstić information content (AvgIpc) is 2.18. The second kappa shape index (κ2) is 3.84. The molecule has 0 saturated heterocycles. The molecule has 2 rings (SSSR count). The molecule has 0 aromatic carbocycles. The summed E-state index contributed by atoms with van der Waals surface area (Å²) in [7, 11) is 0. The van der Waals surface area contributed by atoms with E-state index < -0.39 is 0 Å². The Balaban J connectivity index is 2.34. The first kappa shape index (κ1) is 9.27. The third-order valence-corrected chi connectivity index (χ3v) is 2.42. The summed E-state index contributed by atoms with van der Waals surface area (Å²) in [5, 5.41) is 16.5. The zero-order valence-corrected chi connectivity index (χ0v) is 7.95. The summed E-state index contributed by atoms with van der Waals surface area (Å²) in [6.45, 7) is 0.0796. The number of fused-ring (bicyclic) bond motifs is 1. The van der Waals surface area contributed by atoms with E-state index in [9.17, 15) is 0 Å². The van der Waals surface area contributed by atoms with E-state index in [2.05, 4.69) is 9.97 Å². The van der Waals surface area contributed by atoms with E-state index in [1.807, 2.05) is 0 Å². The third-order valence-electron chi connectivity index (χ3n) is 2.42. The molecule has 0 radical (unpaired) electrons. The van der Waals surface area contributed by atoms with E-state index in [-0.39, 0.29) is 6.61 Å². The van der Waals surface area contributed by atoms with Crippen molar-refractivity contribution >= 4 is 5.71 Å². The lowest BCUT2D eigenvalue weighted by Gasteiger charge is -2.15. The Kier molecular flexibility index (Phi) is 2.54. The van der Waals surface area contributed by atoms with Crippen LogP contribution in [0.4, 0.5) is 0 Å². The SMILES string of the molecule is N=C1CCCc2nc(CCO)ncc21. The van der Waals surface area contributed by atoms with E-state index in [1.54, 1.807) is 6.20 Å². The fraction of sp³-hybridized carbons (Fsp3) is 0.500. The predicted molar refractivity (Wildman–Crippen MR) is 52.6 cm³/mol. The maximum absolute atomic E-state index is 8.75. The zero-order chi connectivity index (χ0) is 9.97. The minimum Gasteiger partial charge on any atom is -0.396 e. The average molecular weight is 191 g/mol. The van der Waals surface area contributed by atoms with Gasteiger partial charge in [-0.25, -0.2) is 9.97 Å². The van der Waals surface area contributed by atoms with Crippen molar-refractivity contribution in [2.45, 2.75) is 25.7 Å². The fourth-order valence-electron chi connectivity index (χ4n) is 1.69. The summed E-state index contributed by atoms with van der Waals surface area (Å²) in [6.07, 6.45) is 4.98. The van der Waals surface area contributed by atoms with E-state index in [1.165, 1.54) is 0 Å². The molecule has 0 bridgehead atoms. The van der Waals surface area contributed by atoms with Crippen LogP contribution in [0.5, 0.6) is 0 Å². The minimum atomic E-state index is 0.0796. The van der Waals surface area contributed by atoms with Gasteiger partial charge in [-0.3, -0.25) is 0 Å². The largest absolute Gasteiger partial charge is 0.396 e. The lowest BCUT2D eigenvalue weighted by molar-refractivity contribution is 0.296.